The monoisotopic (exact) mass is 424 g/mol. The minimum atomic E-state index is -0.977. The van der Waals surface area contributed by atoms with E-state index in [1.54, 1.807) is 31.2 Å². The van der Waals surface area contributed by atoms with Crippen LogP contribution in [0.15, 0.2) is 58.4 Å². The average Bonchev–Trinajstić information content (AvgIpc) is 3.13. The summed E-state index contributed by atoms with van der Waals surface area (Å²) in [6, 6.07) is 9.74. The van der Waals surface area contributed by atoms with Gasteiger partial charge in [0.05, 0.1) is 18.6 Å². The number of carbonyl (C=O) groups is 1. The molecule has 0 bridgehead atoms. The molecule has 0 aliphatic carbocycles. The van der Waals surface area contributed by atoms with Gasteiger partial charge < -0.3 is 4.57 Å². The van der Waals surface area contributed by atoms with Gasteiger partial charge in [0.25, 0.3) is 5.56 Å². The van der Waals surface area contributed by atoms with Gasteiger partial charge in [0.2, 0.25) is 0 Å². The predicted molar refractivity (Wildman–Crippen MR) is 111 cm³/mol. The van der Waals surface area contributed by atoms with Gasteiger partial charge >= 0.3 is 5.69 Å². The summed E-state index contributed by atoms with van der Waals surface area (Å²) >= 11 is 0. The zero-order valence-electron chi connectivity index (χ0n) is 16.8. The first-order valence-corrected chi connectivity index (χ1v) is 9.57. The third kappa shape index (κ3) is 3.48. The number of aromatic nitrogens is 4. The van der Waals surface area contributed by atoms with Crippen molar-refractivity contribution in [2.24, 2.45) is 0 Å². The minimum Gasteiger partial charge on any atom is -0.317 e. The number of halogens is 2. The SMILES string of the molecule is CCn1c(=O)c2c(ncn2CC(=O)c2ccc(C)cc2)n(-c2ccc(F)cc2F)c1=O. The number of Topliss-reactive ketones (excluding diaryl/α,β-unsaturated/α-hetero) is 1. The summed E-state index contributed by atoms with van der Waals surface area (Å²) in [5, 5.41) is 0. The number of aryl methyl sites for hydroxylation is 1. The van der Waals surface area contributed by atoms with Crippen molar-refractivity contribution < 1.29 is 13.6 Å². The van der Waals surface area contributed by atoms with Crippen molar-refractivity contribution in [3.63, 3.8) is 0 Å². The molecule has 0 fully saturated rings. The van der Waals surface area contributed by atoms with Crippen molar-refractivity contribution in [1.29, 1.82) is 0 Å². The molecular formula is C22H18F2N4O3. The van der Waals surface area contributed by atoms with Crippen molar-refractivity contribution in [2.75, 3.05) is 0 Å². The molecule has 0 amide bonds. The number of carbonyl (C=O) groups excluding carboxylic acids is 1. The number of rotatable bonds is 5. The van der Waals surface area contributed by atoms with Crippen molar-refractivity contribution in [1.82, 2.24) is 18.7 Å². The predicted octanol–water partition coefficient (Wildman–Crippen LogP) is 2.84. The molecule has 0 unspecified atom stereocenters. The molecule has 4 aromatic rings. The van der Waals surface area contributed by atoms with Crippen LogP contribution in [0.4, 0.5) is 8.78 Å². The van der Waals surface area contributed by atoms with E-state index in [0.717, 1.165) is 26.8 Å². The van der Waals surface area contributed by atoms with Crippen molar-refractivity contribution in [3.05, 3.63) is 92.4 Å². The normalized spacial score (nSPS) is 11.2. The third-order valence-corrected chi connectivity index (χ3v) is 5.05. The van der Waals surface area contributed by atoms with Gasteiger partial charge in [-0.05, 0) is 26.0 Å². The fourth-order valence-corrected chi connectivity index (χ4v) is 3.44. The van der Waals surface area contributed by atoms with Crippen LogP contribution in [-0.4, -0.2) is 24.5 Å². The second kappa shape index (κ2) is 7.75. The van der Waals surface area contributed by atoms with Crippen molar-refractivity contribution in [3.8, 4) is 5.69 Å². The Labute approximate surface area is 174 Å². The highest BCUT2D eigenvalue weighted by molar-refractivity contribution is 5.96. The smallest absolute Gasteiger partial charge is 0.317 e. The maximum Gasteiger partial charge on any atom is 0.337 e. The molecule has 158 valence electrons. The van der Waals surface area contributed by atoms with Crippen LogP contribution in [-0.2, 0) is 13.1 Å². The number of hydrogen-bond donors (Lipinski definition) is 0. The quantitative estimate of drug-likeness (QED) is 0.462. The second-order valence-corrected chi connectivity index (χ2v) is 7.10. The van der Waals surface area contributed by atoms with E-state index in [9.17, 15) is 23.2 Å². The largest absolute Gasteiger partial charge is 0.337 e. The highest BCUT2D eigenvalue weighted by atomic mass is 19.1. The molecule has 0 atom stereocenters. The first kappa shape index (κ1) is 20.4. The maximum absolute atomic E-state index is 14.5. The Morgan fingerprint density at radius 3 is 2.42 bits per heavy atom. The molecule has 4 rings (SSSR count). The number of benzene rings is 2. The molecule has 2 aromatic heterocycles. The molecule has 0 aliphatic rings. The van der Waals surface area contributed by atoms with E-state index in [4.69, 9.17) is 0 Å². The van der Waals surface area contributed by atoms with Gasteiger partial charge in [-0.25, -0.2) is 23.1 Å². The van der Waals surface area contributed by atoms with Crippen LogP contribution in [0, 0.1) is 18.6 Å². The third-order valence-electron chi connectivity index (χ3n) is 5.05. The van der Waals surface area contributed by atoms with Gasteiger partial charge in [0, 0.05) is 18.2 Å². The van der Waals surface area contributed by atoms with Crippen LogP contribution < -0.4 is 11.2 Å². The molecule has 0 saturated carbocycles. The van der Waals surface area contributed by atoms with Gasteiger partial charge in [-0.3, -0.25) is 14.2 Å². The number of imidazole rings is 1. The fraction of sp³-hybridized carbons (Fsp3) is 0.182. The van der Waals surface area contributed by atoms with Crippen molar-refractivity contribution >= 4 is 16.9 Å². The summed E-state index contributed by atoms with van der Waals surface area (Å²) in [6.45, 7) is 3.33. The van der Waals surface area contributed by atoms with Crippen LogP contribution in [0.5, 0.6) is 0 Å². The van der Waals surface area contributed by atoms with Gasteiger partial charge in [0.15, 0.2) is 16.9 Å². The summed E-state index contributed by atoms with van der Waals surface area (Å²) in [7, 11) is 0. The molecular weight excluding hydrogens is 406 g/mol. The Kier molecular flexibility index (Phi) is 5.10. The van der Waals surface area contributed by atoms with Crippen LogP contribution in [0.1, 0.15) is 22.8 Å². The first-order valence-electron chi connectivity index (χ1n) is 9.57. The molecule has 2 aromatic carbocycles. The first-order chi connectivity index (χ1) is 14.8. The molecule has 0 saturated heterocycles. The van der Waals surface area contributed by atoms with Crippen LogP contribution >= 0.6 is 0 Å². The van der Waals surface area contributed by atoms with Gasteiger partial charge in [-0.15, -0.1) is 0 Å². The summed E-state index contributed by atoms with van der Waals surface area (Å²) in [5.41, 5.74) is -0.362. The lowest BCUT2D eigenvalue weighted by molar-refractivity contribution is 0.0973. The molecule has 0 N–H and O–H groups in total. The molecule has 31 heavy (non-hydrogen) atoms. The lowest BCUT2D eigenvalue weighted by Crippen LogP contribution is -2.40. The van der Waals surface area contributed by atoms with Gasteiger partial charge in [-0.1, -0.05) is 29.8 Å². The van der Waals surface area contributed by atoms with E-state index >= 15 is 0 Å². The highest BCUT2D eigenvalue weighted by Crippen LogP contribution is 2.18. The topological polar surface area (TPSA) is 78.9 Å². The fourth-order valence-electron chi connectivity index (χ4n) is 3.44. The van der Waals surface area contributed by atoms with E-state index in [1.165, 1.54) is 10.9 Å². The van der Waals surface area contributed by atoms with Crippen LogP contribution in [0.3, 0.4) is 0 Å². The summed E-state index contributed by atoms with van der Waals surface area (Å²) < 4.78 is 31.0. The number of ketones is 1. The number of hydrogen-bond acceptors (Lipinski definition) is 4. The summed E-state index contributed by atoms with van der Waals surface area (Å²) in [5.74, 6) is -2.04. The minimum absolute atomic E-state index is 0.0213. The summed E-state index contributed by atoms with van der Waals surface area (Å²) in [6.07, 6.45) is 1.26. The Balaban J connectivity index is 1.92. The van der Waals surface area contributed by atoms with Crippen LogP contribution in [0.25, 0.3) is 16.9 Å². The lowest BCUT2D eigenvalue weighted by atomic mass is 10.1. The van der Waals surface area contributed by atoms with Gasteiger partial charge in [-0.2, -0.15) is 0 Å². The highest BCUT2D eigenvalue weighted by Gasteiger charge is 2.21. The Hall–Kier alpha value is -3.88. The zero-order valence-corrected chi connectivity index (χ0v) is 16.8. The Bertz CT molecular complexity index is 1430. The average molecular weight is 424 g/mol. The second-order valence-electron chi connectivity index (χ2n) is 7.10. The molecule has 7 nitrogen and oxygen atoms in total. The number of fused-ring (bicyclic) bond motifs is 1. The molecule has 9 heteroatoms. The van der Waals surface area contributed by atoms with E-state index in [1.807, 2.05) is 6.92 Å². The molecule has 0 spiro atoms. The van der Waals surface area contributed by atoms with E-state index in [0.29, 0.717) is 11.6 Å². The van der Waals surface area contributed by atoms with E-state index in [-0.39, 0.29) is 35.7 Å². The Morgan fingerprint density at radius 2 is 1.77 bits per heavy atom. The Morgan fingerprint density at radius 1 is 1.06 bits per heavy atom. The standard InChI is InChI=1S/C22H18F2N4O3/c1-3-27-21(30)19-20(28(22(27)31)17-9-8-15(23)10-16(17)24)25-12-26(19)11-18(29)14-6-4-13(2)5-7-14/h4-10,12H,3,11H2,1-2H3. The molecule has 0 radical (unpaired) electrons. The van der Waals surface area contributed by atoms with Crippen molar-refractivity contribution in [2.45, 2.75) is 26.9 Å². The molecule has 0 aliphatic heterocycles. The van der Waals surface area contributed by atoms with E-state index in [2.05, 4.69) is 4.98 Å². The number of nitrogens with zero attached hydrogens (tertiary/aromatic N) is 4. The zero-order chi connectivity index (χ0) is 22.3. The van der Waals surface area contributed by atoms with Gasteiger partial charge in [0.1, 0.15) is 11.6 Å². The lowest BCUT2D eigenvalue weighted by Gasteiger charge is -2.12. The van der Waals surface area contributed by atoms with Crippen LogP contribution in [0.2, 0.25) is 0 Å². The molecule has 2 heterocycles. The summed E-state index contributed by atoms with van der Waals surface area (Å²) in [4.78, 5) is 42.7. The maximum atomic E-state index is 14.5. The van der Waals surface area contributed by atoms with E-state index < -0.39 is 22.9 Å².